The zero-order chi connectivity index (χ0) is 22.1. The Morgan fingerprint density at radius 3 is 2.53 bits per heavy atom. The number of fused-ring (bicyclic) bond motifs is 1. The summed E-state index contributed by atoms with van der Waals surface area (Å²) in [5, 5.41) is 6.48. The maximum absolute atomic E-state index is 12.9. The van der Waals surface area contributed by atoms with Crippen LogP contribution < -0.4 is 10.6 Å². The molecule has 0 atom stereocenters. The Balaban J connectivity index is 1.41. The number of carbonyl (C=O) groups excluding carboxylic acids is 2. The number of ether oxygens (including phenoxy) is 1. The first-order valence-electron chi connectivity index (χ1n) is 11.5. The van der Waals surface area contributed by atoms with Crippen molar-refractivity contribution in [2.24, 2.45) is 5.92 Å². The van der Waals surface area contributed by atoms with Crippen LogP contribution in [0.25, 0.3) is 5.57 Å². The number of allylic oxidation sites excluding steroid dienone is 1. The summed E-state index contributed by atoms with van der Waals surface area (Å²) >= 11 is 0. The molecule has 32 heavy (non-hydrogen) atoms. The van der Waals surface area contributed by atoms with Crippen molar-refractivity contribution in [3.8, 4) is 0 Å². The summed E-state index contributed by atoms with van der Waals surface area (Å²) in [7, 11) is 1.36. The van der Waals surface area contributed by atoms with Crippen molar-refractivity contribution in [1.29, 1.82) is 0 Å². The minimum Gasteiger partial charge on any atom is -0.465 e. The molecule has 0 radical (unpaired) electrons. The number of methoxy groups -OCH3 is 1. The number of benzene rings is 2. The first-order chi connectivity index (χ1) is 15.6. The van der Waals surface area contributed by atoms with Crippen LogP contribution in [0.3, 0.4) is 0 Å². The van der Waals surface area contributed by atoms with Crippen LogP contribution in [0.2, 0.25) is 0 Å². The molecule has 1 saturated carbocycles. The molecule has 3 aliphatic rings. The molecule has 2 heterocycles. The van der Waals surface area contributed by atoms with Crippen LogP contribution in [0.15, 0.2) is 48.2 Å². The zero-order valence-electron chi connectivity index (χ0n) is 18.4. The highest BCUT2D eigenvalue weighted by atomic mass is 16.5. The van der Waals surface area contributed by atoms with Crippen LogP contribution in [0.5, 0.6) is 0 Å². The summed E-state index contributed by atoms with van der Waals surface area (Å²) in [5.41, 5.74) is 5.79. The van der Waals surface area contributed by atoms with E-state index < -0.39 is 5.97 Å². The third-order valence-corrected chi connectivity index (χ3v) is 6.53. The molecule has 1 saturated heterocycles. The number of carbonyl (C=O) groups is 2. The van der Waals surface area contributed by atoms with Gasteiger partial charge in [0.15, 0.2) is 0 Å². The molecule has 6 heteroatoms. The van der Waals surface area contributed by atoms with E-state index in [1.54, 1.807) is 18.2 Å². The van der Waals surface area contributed by atoms with Gasteiger partial charge in [-0.25, -0.2) is 4.79 Å². The molecule has 2 aromatic rings. The highest BCUT2D eigenvalue weighted by molar-refractivity contribution is 6.32. The molecule has 0 bridgehead atoms. The van der Waals surface area contributed by atoms with Gasteiger partial charge in [-0.15, -0.1) is 0 Å². The maximum Gasteiger partial charge on any atom is 0.337 e. The molecule has 166 valence electrons. The maximum atomic E-state index is 12.9. The Bertz CT molecular complexity index is 1060. The summed E-state index contributed by atoms with van der Waals surface area (Å²) < 4.78 is 4.86. The Morgan fingerprint density at radius 2 is 1.84 bits per heavy atom. The van der Waals surface area contributed by atoms with Crippen molar-refractivity contribution < 1.29 is 14.3 Å². The average Bonchev–Trinajstić information content (AvgIpc) is 3.61. The molecule has 0 unspecified atom stereocenters. The number of nitrogens with one attached hydrogen (secondary N) is 2. The number of likely N-dealkylation sites (tertiary alicyclic amines) is 1. The molecule has 5 rings (SSSR count). The van der Waals surface area contributed by atoms with E-state index in [4.69, 9.17) is 4.74 Å². The second kappa shape index (κ2) is 8.79. The summed E-state index contributed by atoms with van der Waals surface area (Å²) in [5.74, 6) is -0.202. The topological polar surface area (TPSA) is 70.7 Å². The molecule has 6 nitrogen and oxygen atoms in total. The molecule has 2 fully saturated rings. The summed E-state index contributed by atoms with van der Waals surface area (Å²) in [6.45, 7) is 3.35. The highest BCUT2D eigenvalue weighted by Crippen LogP contribution is 2.44. The number of hydrogen-bond donors (Lipinski definition) is 2. The van der Waals surface area contributed by atoms with E-state index >= 15 is 0 Å². The van der Waals surface area contributed by atoms with Crippen molar-refractivity contribution in [3.63, 3.8) is 0 Å². The molecule has 1 aliphatic carbocycles. The lowest BCUT2D eigenvalue weighted by Gasteiger charge is -2.26. The lowest BCUT2D eigenvalue weighted by molar-refractivity contribution is -0.110. The van der Waals surface area contributed by atoms with E-state index in [1.807, 2.05) is 0 Å². The second-order valence-electron chi connectivity index (χ2n) is 8.93. The van der Waals surface area contributed by atoms with Crippen molar-refractivity contribution in [2.45, 2.75) is 38.6 Å². The normalized spacial score (nSPS) is 19.8. The monoisotopic (exact) mass is 431 g/mol. The molecule has 2 N–H and O–H groups in total. The Morgan fingerprint density at radius 1 is 1.09 bits per heavy atom. The summed E-state index contributed by atoms with van der Waals surface area (Å²) in [6.07, 6.45) is 6.03. The molecule has 2 aromatic carbocycles. The number of hydrogen-bond acceptors (Lipinski definition) is 5. The molecular formula is C26H29N3O3. The average molecular weight is 432 g/mol. The fourth-order valence-corrected chi connectivity index (χ4v) is 4.64. The standard InChI is InChI=1S/C26H29N3O3/c1-32-26(31)19-9-12-22-21(15-19)23(25(30)28-22)24(18-7-8-18)27-20-10-5-17(6-11-20)16-29-13-3-2-4-14-29/h5-6,9-12,15,18,27H,2-4,7-8,13-14,16H2,1H3,(H,28,30)/b24-23-. The van der Waals surface area contributed by atoms with Gasteiger partial charge in [-0.05, 0) is 80.6 Å². The number of esters is 1. The van der Waals surface area contributed by atoms with E-state index in [0.717, 1.165) is 42.0 Å². The Labute approximate surface area is 188 Å². The van der Waals surface area contributed by atoms with E-state index in [-0.39, 0.29) is 5.91 Å². The fraction of sp³-hybridized carbons (Fsp3) is 0.385. The fourth-order valence-electron chi connectivity index (χ4n) is 4.64. The Hall–Kier alpha value is -3.12. The van der Waals surface area contributed by atoms with E-state index in [2.05, 4.69) is 39.8 Å². The first-order valence-corrected chi connectivity index (χ1v) is 11.5. The van der Waals surface area contributed by atoms with E-state index in [9.17, 15) is 9.59 Å². The molecular weight excluding hydrogens is 402 g/mol. The van der Waals surface area contributed by atoms with Gasteiger partial charge in [0, 0.05) is 29.2 Å². The van der Waals surface area contributed by atoms with Gasteiger partial charge in [0.2, 0.25) is 0 Å². The van der Waals surface area contributed by atoms with Crippen LogP contribution in [0.1, 0.15) is 53.6 Å². The Kier molecular flexibility index (Phi) is 5.70. The molecule has 1 amide bonds. The smallest absolute Gasteiger partial charge is 0.337 e. The van der Waals surface area contributed by atoms with E-state index in [1.165, 1.54) is 45.0 Å². The third kappa shape index (κ3) is 4.28. The van der Waals surface area contributed by atoms with Gasteiger partial charge in [0.25, 0.3) is 5.91 Å². The minimum absolute atomic E-state index is 0.127. The van der Waals surface area contributed by atoms with Crippen molar-refractivity contribution in [3.05, 3.63) is 64.9 Å². The SMILES string of the molecule is COC(=O)c1ccc2c(c1)/C(=C(/Nc1ccc(CN3CCCCC3)cc1)C1CC1)C(=O)N2. The lowest BCUT2D eigenvalue weighted by atomic mass is 10.00. The minimum atomic E-state index is -0.406. The predicted octanol–water partition coefficient (Wildman–Crippen LogP) is 4.64. The van der Waals surface area contributed by atoms with Crippen molar-refractivity contribution >= 4 is 28.8 Å². The summed E-state index contributed by atoms with van der Waals surface area (Å²) in [4.78, 5) is 27.4. The van der Waals surface area contributed by atoms with Gasteiger partial charge in [0.05, 0.1) is 18.2 Å². The van der Waals surface area contributed by atoms with Crippen LogP contribution in [0.4, 0.5) is 11.4 Å². The number of nitrogens with zero attached hydrogens (tertiary/aromatic N) is 1. The molecule has 0 spiro atoms. The van der Waals surface area contributed by atoms with Gasteiger partial charge in [-0.3, -0.25) is 9.69 Å². The number of piperidine rings is 1. The highest BCUT2D eigenvalue weighted by Gasteiger charge is 2.35. The number of amides is 1. The van der Waals surface area contributed by atoms with Crippen molar-refractivity contribution in [2.75, 3.05) is 30.8 Å². The van der Waals surface area contributed by atoms with Gasteiger partial charge in [-0.2, -0.15) is 0 Å². The lowest BCUT2D eigenvalue weighted by Crippen LogP contribution is -2.29. The van der Waals surface area contributed by atoms with Gasteiger partial charge in [-0.1, -0.05) is 18.6 Å². The van der Waals surface area contributed by atoms with Crippen LogP contribution in [0, 0.1) is 5.92 Å². The van der Waals surface area contributed by atoms with Gasteiger partial charge < -0.3 is 15.4 Å². The molecule has 0 aromatic heterocycles. The number of rotatable bonds is 6. The predicted molar refractivity (Wildman–Crippen MR) is 125 cm³/mol. The quantitative estimate of drug-likeness (QED) is 0.515. The van der Waals surface area contributed by atoms with Crippen LogP contribution >= 0.6 is 0 Å². The second-order valence-corrected chi connectivity index (χ2v) is 8.93. The summed E-state index contributed by atoms with van der Waals surface area (Å²) in [6, 6.07) is 13.7. The number of anilines is 2. The first kappa shape index (κ1) is 20.8. The van der Waals surface area contributed by atoms with Crippen LogP contribution in [-0.2, 0) is 16.1 Å². The largest absolute Gasteiger partial charge is 0.465 e. The van der Waals surface area contributed by atoms with Gasteiger partial charge in [0.1, 0.15) is 0 Å². The van der Waals surface area contributed by atoms with Crippen molar-refractivity contribution in [1.82, 2.24) is 4.90 Å². The van der Waals surface area contributed by atoms with E-state index in [0.29, 0.717) is 17.1 Å². The molecule has 2 aliphatic heterocycles. The zero-order valence-corrected chi connectivity index (χ0v) is 18.4. The van der Waals surface area contributed by atoms with Gasteiger partial charge >= 0.3 is 5.97 Å². The third-order valence-electron chi connectivity index (χ3n) is 6.53. The van der Waals surface area contributed by atoms with Crippen LogP contribution in [-0.4, -0.2) is 37.0 Å².